The number of hydrogen-bond acceptors (Lipinski definition) is 4. The van der Waals surface area contributed by atoms with Crippen molar-refractivity contribution in [1.82, 2.24) is 0 Å². The van der Waals surface area contributed by atoms with E-state index in [1.54, 1.807) is 12.1 Å². The minimum absolute atomic E-state index is 0.494. The van der Waals surface area contributed by atoms with Crippen LogP contribution >= 0.6 is 0 Å². The smallest absolute Gasteiger partial charge is 0.194 e. The summed E-state index contributed by atoms with van der Waals surface area (Å²) in [5, 5.41) is 11.9. The Morgan fingerprint density at radius 2 is 2.23 bits per heavy atom. The van der Waals surface area contributed by atoms with Gasteiger partial charge in [0.15, 0.2) is 6.29 Å². The second-order valence-corrected chi connectivity index (χ2v) is 2.72. The zero-order chi connectivity index (χ0) is 9.84. The van der Waals surface area contributed by atoms with Crippen LogP contribution in [0, 0.1) is 0 Å². The molecule has 0 aliphatic heterocycles. The van der Waals surface area contributed by atoms with Crippen molar-refractivity contribution in [2.45, 2.75) is 13.2 Å². The zero-order valence-corrected chi connectivity index (χ0v) is 7.74. The number of hydrogen-bond donors (Lipinski definition) is 3. The fraction of sp³-hybridized carbons (Fsp3) is 0.333. The van der Waals surface area contributed by atoms with Crippen molar-refractivity contribution in [2.75, 3.05) is 18.1 Å². The topological polar surface area (TPSA) is 67.5 Å². The molecule has 0 spiro atoms. The Kier molecular flexibility index (Phi) is 2.97. The molecule has 0 saturated heterocycles. The highest BCUT2D eigenvalue weighted by Gasteiger charge is 2.03. The molecule has 4 nitrogen and oxygen atoms in total. The van der Waals surface area contributed by atoms with E-state index in [0.717, 1.165) is 5.69 Å². The van der Waals surface area contributed by atoms with Crippen molar-refractivity contribution in [3.63, 3.8) is 0 Å². The van der Waals surface area contributed by atoms with E-state index in [2.05, 4.69) is 5.32 Å². The van der Waals surface area contributed by atoms with Crippen molar-refractivity contribution in [3.05, 3.63) is 18.2 Å². The largest absolute Gasteiger partial charge is 0.463 e. The Bertz CT molecular complexity index is 287. The molecule has 4 heteroatoms. The van der Waals surface area contributed by atoms with Gasteiger partial charge in [-0.1, -0.05) is 0 Å². The van der Waals surface area contributed by atoms with Gasteiger partial charge in [-0.2, -0.15) is 0 Å². The Labute approximate surface area is 77.3 Å². The summed E-state index contributed by atoms with van der Waals surface area (Å²) in [5.74, 6) is 0.494. The molecule has 0 aromatic heterocycles. The summed E-state index contributed by atoms with van der Waals surface area (Å²) in [6, 6.07) is 5.29. The third-order valence-corrected chi connectivity index (χ3v) is 1.60. The first-order valence-corrected chi connectivity index (χ1v) is 4.05. The fourth-order valence-corrected chi connectivity index (χ4v) is 0.995. The lowest BCUT2D eigenvalue weighted by Crippen LogP contribution is -2.10. The van der Waals surface area contributed by atoms with E-state index in [-0.39, 0.29) is 0 Å². The van der Waals surface area contributed by atoms with Crippen LogP contribution in [-0.4, -0.2) is 18.4 Å². The van der Waals surface area contributed by atoms with Crippen LogP contribution in [0.2, 0.25) is 0 Å². The van der Waals surface area contributed by atoms with Gasteiger partial charge >= 0.3 is 0 Å². The van der Waals surface area contributed by atoms with Crippen molar-refractivity contribution in [3.8, 4) is 5.75 Å². The standard InChI is InChI=1S/C9H14N2O2/c1-6(12)13-9-4-3-7(11-2)5-8(9)10/h3-6,11-12H,10H2,1-2H3. The summed E-state index contributed by atoms with van der Waals surface area (Å²) in [5.41, 5.74) is 7.09. The number of nitrogens with one attached hydrogen (secondary N) is 1. The summed E-state index contributed by atoms with van der Waals surface area (Å²) in [6.07, 6.45) is -0.845. The quantitative estimate of drug-likeness (QED) is 0.482. The van der Waals surface area contributed by atoms with Crippen LogP contribution in [0.3, 0.4) is 0 Å². The van der Waals surface area contributed by atoms with Crippen LogP contribution in [0.25, 0.3) is 0 Å². The van der Waals surface area contributed by atoms with E-state index in [1.807, 2.05) is 13.1 Å². The molecule has 1 unspecified atom stereocenters. The number of aliphatic hydroxyl groups is 1. The van der Waals surface area contributed by atoms with Crippen molar-refractivity contribution in [1.29, 1.82) is 0 Å². The Morgan fingerprint density at radius 3 is 2.69 bits per heavy atom. The molecule has 0 aliphatic carbocycles. The number of ether oxygens (including phenoxy) is 1. The van der Waals surface area contributed by atoms with Gasteiger partial charge in [0, 0.05) is 12.7 Å². The second kappa shape index (κ2) is 4.00. The second-order valence-electron chi connectivity index (χ2n) is 2.72. The molecule has 1 aromatic carbocycles. The Balaban J connectivity index is 2.85. The van der Waals surface area contributed by atoms with Crippen LogP contribution < -0.4 is 15.8 Å². The maximum Gasteiger partial charge on any atom is 0.194 e. The lowest BCUT2D eigenvalue weighted by atomic mass is 10.2. The van der Waals surface area contributed by atoms with E-state index in [9.17, 15) is 0 Å². The molecule has 0 heterocycles. The number of aliphatic hydroxyl groups excluding tert-OH is 1. The highest BCUT2D eigenvalue weighted by Crippen LogP contribution is 2.25. The Morgan fingerprint density at radius 1 is 1.54 bits per heavy atom. The van der Waals surface area contributed by atoms with Crippen LogP contribution in [0.5, 0.6) is 5.75 Å². The molecule has 1 atom stereocenters. The van der Waals surface area contributed by atoms with Gasteiger partial charge < -0.3 is 20.9 Å². The van der Waals surface area contributed by atoms with Crippen LogP contribution in [-0.2, 0) is 0 Å². The van der Waals surface area contributed by atoms with Crippen molar-refractivity contribution < 1.29 is 9.84 Å². The SMILES string of the molecule is CNc1ccc(OC(C)O)c(N)c1. The summed E-state index contributed by atoms with van der Waals surface area (Å²) in [4.78, 5) is 0. The normalized spacial score (nSPS) is 12.2. The predicted octanol–water partition coefficient (Wildman–Crippen LogP) is 1.03. The highest BCUT2D eigenvalue weighted by molar-refractivity contribution is 5.62. The monoisotopic (exact) mass is 182 g/mol. The maximum absolute atomic E-state index is 8.96. The van der Waals surface area contributed by atoms with Crippen LogP contribution in [0.1, 0.15) is 6.92 Å². The van der Waals surface area contributed by atoms with Gasteiger partial charge in [0.05, 0.1) is 5.69 Å². The fourth-order valence-electron chi connectivity index (χ4n) is 0.995. The van der Waals surface area contributed by atoms with Gasteiger partial charge in [0.2, 0.25) is 0 Å². The van der Waals surface area contributed by atoms with Gasteiger partial charge in [-0.15, -0.1) is 0 Å². The molecule has 4 N–H and O–H groups in total. The van der Waals surface area contributed by atoms with Crippen LogP contribution in [0.4, 0.5) is 11.4 Å². The summed E-state index contributed by atoms with van der Waals surface area (Å²) < 4.78 is 5.05. The van der Waals surface area contributed by atoms with Crippen molar-refractivity contribution >= 4 is 11.4 Å². The van der Waals surface area contributed by atoms with E-state index in [1.165, 1.54) is 6.92 Å². The maximum atomic E-state index is 8.96. The summed E-state index contributed by atoms with van der Waals surface area (Å²) in [6.45, 7) is 1.53. The molecule has 13 heavy (non-hydrogen) atoms. The third kappa shape index (κ3) is 2.52. The number of nitrogens with two attached hydrogens (primary N) is 1. The molecule has 0 fully saturated rings. The summed E-state index contributed by atoms with van der Waals surface area (Å²) in [7, 11) is 1.81. The van der Waals surface area contributed by atoms with E-state index < -0.39 is 6.29 Å². The van der Waals surface area contributed by atoms with Gasteiger partial charge in [-0.3, -0.25) is 0 Å². The van der Waals surface area contributed by atoms with Crippen LogP contribution in [0.15, 0.2) is 18.2 Å². The number of nitrogen functional groups attached to an aromatic ring is 1. The van der Waals surface area contributed by atoms with E-state index >= 15 is 0 Å². The molecule has 72 valence electrons. The minimum atomic E-state index is -0.845. The zero-order valence-electron chi connectivity index (χ0n) is 7.74. The lowest BCUT2D eigenvalue weighted by molar-refractivity contribution is 0.000283. The van der Waals surface area contributed by atoms with Gasteiger partial charge in [0.25, 0.3) is 0 Å². The Hall–Kier alpha value is -1.42. The molecule has 0 radical (unpaired) electrons. The molecule has 1 rings (SSSR count). The first kappa shape index (κ1) is 9.67. The molecular weight excluding hydrogens is 168 g/mol. The molecular formula is C9H14N2O2. The molecule has 0 amide bonds. The lowest BCUT2D eigenvalue weighted by Gasteiger charge is -2.11. The van der Waals surface area contributed by atoms with E-state index in [0.29, 0.717) is 11.4 Å². The van der Waals surface area contributed by atoms with Gasteiger partial charge in [-0.05, 0) is 25.1 Å². The first-order valence-electron chi connectivity index (χ1n) is 4.05. The minimum Gasteiger partial charge on any atom is -0.463 e. The highest BCUT2D eigenvalue weighted by atomic mass is 16.6. The number of benzene rings is 1. The van der Waals surface area contributed by atoms with E-state index in [4.69, 9.17) is 15.6 Å². The molecule has 0 bridgehead atoms. The first-order chi connectivity index (χ1) is 6.13. The number of anilines is 2. The predicted molar refractivity (Wildman–Crippen MR) is 52.7 cm³/mol. The van der Waals surface area contributed by atoms with Crippen molar-refractivity contribution in [2.24, 2.45) is 0 Å². The van der Waals surface area contributed by atoms with Gasteiger partial charge in [-0.25, -0.2) is 0 Å². The molecule has 1 aromatic rings. The average molecular weight is 182 g/mol. The molecule has 0 saturated carbocycles. The third-order valence-electron chi connectivity index (χ3n) is 1.60. The summed E-state index contributed by atoms with van der Waals surface area (Å²) >= 11 is 0. The average Bonchev–Trinajstić information content (AvgIpc) is 2.08. The molecule has 0 aliphatic rings. The number of rotatable bonds is 3. The van der Waals surface area contributed by atoms with Gasteiger partial charge in [0.1, 0.15) is 5.75 Å².